The first-order valence-electron chi connectivity index (χ1n) is 5.89. The van der Waals surface area contributed by atoms with E-state index in [0.717, 1.165) is 0 Å². The van der Waals surface area contributed by atoms with Crippen LogP contribution in [0.4, 0.5) is 10.6 Å². The van der Waals surface area contributed by atoms with E-state index in [-0.39, 0.29) is 11.4 Å². The first kappa shape index (κ1) is 13.9. The molecule has 1 amide bonds. The second-order valence-electron chi connectivity index (χ2n) is 5.17. The smallest absolute Gasteiger partial charge is 0.413 e. The number of ether oxygens (including phenoxy) is 1. The largest absolute Gasteiger partial charge is 0.478 e. The van der Waals surface area contributed by atoms with Gasteiger partial charge in [-0.3, -0.25) is 5.32 Å². The third-order valence-corrected chi connectivity index (χ3v) is 2.34. The molecule has 2 aromatic rings. The number of benzene rings is 1. The third kappa shape index (κ3) is 3.05. The van der Waals surface area contributed by atoms with Crippen molar-refractivity contribution in [3.05, 3.63) is 23.8 Å². The number of aromatic nitrogens is 1. The van der Waals surface area contributed by atoms with Crippen LogP contribution < -0.4 is 5.32 Å². The molecule has 2 rings (SSSR count). The molecule has 106 valence electrons. The molecule has 0 unspecified atom stereocenters. The van der Waals surface area contributed by atoms with Crippen molar-refractivity contribution in [3.8, 4) is 0 Å². The molecule has 0 spiro atoms. The van der Waals surface area contributed by atoms with Crippen LogP contribution in [-0.2, 0) is 4.74 Å². The number of amides is 1. The first-order valence-corrected chi connectivity index (χ1v) is 5.89. The van der Waals surface area contributed by atoms with E-state index >= 15 is 0 Å². The number of aromatic carboxylic acids is 1. The summed E-state index contributed by atoms with van der Waals surface area (Å²) in [5, 5.41) is 15.5. The molecule has 0 aliphatic rings. The maximum absolute atomic E-state index is 11.7. The molecule has 1 heterocycles. The molecule has 7 nitrogen and oxygen atoms in total. The van der Waals surface area contributed by atoms with Crippen molar-refractivity contribution in [1.29, 1.82) is 0 Å². The number of hydrogen-bond donors (Lipinski definition) is 2. The van der Waals surface area contributed by atoms with Crippen LogP contribution in [0, 0.1) is 0 Å². The summed E-state index contributed by atoms with van der Waals surface area (Å²) in [6, 6.07) is 4.25. The Balaban J connectivity index is 2.28. The summed E-state index contributed by atoms with van der Waals surface area (Å²) in [7, 11) is 0. The normalized spacial score (nSPS) is 11.3. The minimum absolute atomic E-state index is 0.0768. The SMILES string of the molecule is CC(C)(C)OC(=O)Nc1noc2ccc(C(=O)O)cc12. The van der Waals surface area contributed by atoms with E-state index in [9.17, 15) is 9.59 Å². The Kier molecular flexibility index (Phi) is 3.35. The van der Waals surface area contributed by atoms with Crippen LogP contribution in [0.25, 0.3) is 11.0 Å². The van der Waals surface area contributed by atoms with Crippen LogP contribution >= 0.6 is 0 Å². The van der Waals surface area contributed by atoms with E-state index in [1.807, 2.05) is 0 Å². The zero-order chi connectivity index (χ0) is 14.9. The predicted molar refractivity (Wildman–Crippen MR) is 70.8 cm³/mol. The van der Waals surface area contributed by atoms with Crippen molar-refractivity contribution < 1.29 is 24.0 Å². The average molecular weight is 278 g/mol. The summed E-state index contributed by atoms with van der Waals surface area (Å²) in [5.74, 6) is -0.950. The van der Waals surface area contributed by atoms with Gasteiger partial charge in [-0.05, 0) is 39.0 Å². The summed E-state index contributed by atoms with van der Waals surface area (Å²) in [6.45, 7) is 5.20. The van der Waals surface area contributed by atoms with Gasteiger partial charge >= 0.3 is 12.1 Å². The lowest BCUT2D eigenvalue weighted by Crippen LogP contribution is -2.27. The molecule has 7 heteroatoms. The Morgan fingerprint density at radius 1 is 1.35 bits per heavy atom. The fraction of sp³-hybridized carbons (Fsp3) is 0.308. The lowest BCUT2D eigenvalue weighted by molar-refractivity contribution is 0.0633. The molecule has 1 aromatic heterocycles. The van der Waals surface area contributed by atoms with Crippen LogP contribution in [0.1, 0.15) is 31.1 Å². The van der Waals surface area contributed by atoms with E-state index in [4.69, 9.17) is 14.4 Å². The highest BCUT2D eigenvalue weighted by Crippen LogP contribution is 2.24. The van der Waals surface area contributed by atoms with Crippen molar-refractivity contribution >= 4 is 28.8 Å². The standard InChI is InChI=1S/C13H14N2O5/c1-13(2,3)19-12(18)14-10-8-6-7(11(16)17)4-5-9(8)20-15-10/h4-6H,1-3H3,(H,16,17)(H,14,15,18). The van der Waals surface area contributed by atoms with Crippen molar-refractivity contribution in [2.24, 2.45) is 0 Å². The van der Waals surface area contributed by atoms with E-state index in [1.54, 1.807) is 20.8 Å². The van der Waals surface area contributed by atoms with E-state index in [0.29, 0.717) is 11.0 Å². The van der Waals surface area contributed by atoms with Gasteiger partial charge in [0.05, 0.1) is 10.9 Å². The number of hydrogen-bond acceptors (Lipinski definition) is 5. The number of fused-ring (bicyclic) bond motifs is 1. The molecule has 20 heavy (non-hydrogen) atoms. The van der Waals surface area contributed by atoms with Crippen molar-refractivity contribution in [3.63, 3.8) is 0 Å². The fourth-order valence-corrected chi connectivity index (χ4v) is 1.56. The Labute approximate surface area is 114 Å². The van der Waals surface area contributed by atoms with Crippen LogP contribution in [0.2, 0.25) is 0 Å². The first-order chi connectivity index (χ1) is 9.26. The van der Waals surface area contributed by atoms with Crippen LogP contribution in [0.3, 0.4) is 0 Å². The summed E-state index contributed by atoms with van der Waals surface area (Å²) in [6.07, 6.45) is -0.687. The molecular weight excluding hydrogens is 264 g/mol. The van der Waals surface area contributed by atoms with Gasteiger partial charge in [0.2, 0.25) is 0 Å². The molecule has 0 aliphatic carbocycles. The van der Waals surface area contributed by atoms with Gasteiger partial charge in [-0.2, -0.15) is 0 Å². The molecular formula is C13H14N2O5. The average Bonchev–Trinajstić information content (AvgIpc) is 2.69. The topological polar surface area (TPSA) is 102 Å². The van der Waals surface area contributed by atoms with Gasteiger partial charge in [0.15, 0.2) is 11.4 Å². The lowest BCUT2D eigenvalue weighted by atomic mass is 10.1. The number of nitrogens with one attached hydrogen (secondary N) is 1. The highest BCUT2D eigenvalue weighted by Gasteiger charge is 2.19. The summed E-state index contributed by atoms with van der Waals surface area (Å²) in [4.78, 5) is 22.6. The Hall–Kier alpha value is -2.57. The summed E-state index contributed by atoms with van der Waals surface area (Å²) in [5.41, 5.74) is -0.190. The molecule has 0 fully saturated rings. The molecule has 0 atom stereocenters. The Morgan fingerprint density at radius 3 is 2.65 bits per heavy atom. The van der Waals surface area contributed by atoms with Crippen molar-refractivity contribution in [2.45, 2.75) is 26.4 Å². The van der Waals surface area contributed by atoms with Gasteiger partial charge in [0.1, 0.15) is 5.60 Å². The summed E-state index contributed by atoms with van der Waals surface area (Å²) < 4.78 is 10.1. The zero-order valence-corrected chi connectivity index (χ0v) is 11.3. The Bertz CT molecular complexity index is 669. The van der Waals surface area contributed by atoms with Gasteiger partial charge in [-0.1, -0.05) is 5.16 Å². The molecule has 0 saturated heterocycles. The molecule has 0 saturated carbocycles. The number of carbonyl (C=O) groups excluding carboxylic acids is 1. The highest BCUT2D eigenvalue weighted by atomic mass is 16.6. The monoisotopic (exact) mass is 278 g/mol. The van der Waals surface area contributed by atoms with Gasteiger partial charge in [-0.25, -0.2) is 9.59 Å². The van der Waals surface area contributed by atoms with Gasteiger partial charge < -0.3 is 14.4 Å². The quantitative estimate of drug-likeness (QED) is 0.875. The maximum Gasteiger partial charge on any atom is 0.413 e. The molecule has 0 radical (unpaired) electrons. The number of nitrogens with zero attached hydrogens (tertiary/aromatic N) is 1. The fourth-order valence-electron chi connectivity index (χ4n) is 1.56. The van der Waals surface area contributed by atoms with E-state index < -0.39 is 17.7 Å². The second kappa shape index (κ2) is 4.84. The minimum Gasteiger partial charge on any atom is -0.478 e. The van der Waals surface area contributed by atoms with E-state index in [1.165, 1.54) is 18.2 Å². The number of carbonyl (C=O) groups is 2. The molecule has 1 aromatic carbocycles. The van der Waals surface area contributed by atoms with E-state index in [2.05, 4.69) is 10.5 Å². The van der Waals surface area contributed by atoms with Crippen molar-refractivity contribution in [2.75, 3.05) is 5.32 Å². The molecule has 0 bridgehead atoms. The van der Waals surface area contributed by atoms with Crippen LogP contribution in [-0.4, -0.2) is 27.9 Å². The highest BCUT2D eigenvalue weighted by molar-refractivity contribution is 6.00. The van der Waals surface area contributed by atoms with Crippen LogP contribution in [0.15, 0.2) is 22.7 Å². The van der Waals surface area contributed by atoms with Crippen LogP contribution in [0.5, 0.6) is 0 Å². The number of rotatable bonds is 2. The van der Waals surface area contributed by atoms with Crippen molar-refractivity contribution in [1.82, 2.24) is 5.16 Å². The minimum atomic E-state index is -1.07. The zero-order valence-electron chi connectivity index (χ0n) is 11.3. The second-order valence-corrected chi connectivity index (χ2v) is 5.17. The molecule has 2 N–H and O–H groups in total. The number of carboxylic acids is 1. The van der Waals surface area contributed by atoms with Gasteiger partial charge in [-0.15, -0.1) is 0 Å². The summed E-state index contributed by atoms with van der Waals surface area (Å²) >= 11 is 0. The van der Waals surface area contributed by atoms with Gasteiger partial charge in [0.25, 0.3) is 0 Å². The predicted octanol–water partition coefficient (Wildman–Crippen LogP) is 2.87. The van der Waals surface area contributed by atoms with Gasteiger partial charge in [0, 0.05) is 0 Å². The Morgan fingerprint density at radius 2 is 2.05 bits per heavy atom. The lowest BCUT2D eigenvalue weighted by Gasteiger charge is -2.19. The molecule has 0 aliphatic heterocycles. The maximum atomic E-state index is 11.7. The third-order valence-electron chi connectivity index (χ3n) is 2.34. The number of anilines is 1. The number of carboxylic acid groups (broad SMARTS) is 1.